The molecule has 154 valence electrons. The van der Waals surface area contributed by atoms with E-state index in [1.807, 2.05) is 23.1 Å². The van der Waals surface area contributed by atoms with E-state index in [1.54, 1.807) is 36.5 Å². The van der Waals surface area contributed by atoms with Gasteiger partial charge in [-0.3, -0.25) is 4.79 Å². The molecule has 0 spiro atoms. The zero-order chi connectivity index (χ0) is 20.3. The maximum atomic E-state index is 13.1. The number of hydrogen-bond acceptors (Lipinski definition) is 5. The standard InChI is InChI=1S/C21H26N4O3S/c26-21(24-15-13-23(14-16-24)20-10-4-5-11-22-20)18-7-6-12-25(17-18)29(27,28)19-8-2-1-3-9-19/h1-5,8-11,18H,6-7,12-17H2. The van der Waals surface area contributed by atoms with Crippen molar-refractivity contribution in [3.8, 4) is 0 Å². The van der Waals surface area contributed by atoms with Crippen LogP contribution in [0.25, 0.3) is 0 Å². The molecule has 0 N–H and O–H groups in total. The van der Waals surface area contributed by atoms with E-state index in [-0.39, 0.29) is 23.3 Å². The number of amides is 1. The van der Waals surface area contributed by atoms with Gasteiger partial charge in [-0.15, -0.1) is 0 Å². The van der Waals surface area contributed by atoms with Gasteiger partial charge in [-0.25, -0.2) is 13.4 Å². The molecule has 0 saturated carbocycles. The van der Waals surface area contributed by atoms with Crippen LogP contribution in [-0.2, 0) is 14.8 Å². The Bertz CT molecular complexity index is 929. The highest BCUT2D eigenvalue weighted by Crippen LogP contribution is 2.25. The van der Waals surface area contributed by atoms with Crippen LogP contribution in [0.4, 0.5) is 5.82 Å². The number of piperidine rings is 1. The quantitative estimate of drug-likeness (QED) is 0.763. The molecule has 29 heavy (non-hydrogen) atoms. The lowest BCUT2D eigenvalue weighted by molar-refractivity contribution is -0.137. The summed E-state index contributed by atoms with van der Waals surface area (Å²) in [5.41, 5.74) is 0. The lowest BCUT2D eigenvalue weighted by atomic mass is 9.98. The highest BCUT2D eigenvalue weighted by molar-refractivity contribution is 7.89. The third kappa shape index (κ3) is 4.28. The summed E-state index contributed by atoms with van der Waals surface area (Å²) in [7, 11) is -3.56. The third-order valence-electron chi connectivity index (χ3n) is 5.68. The first-order valence-corrected chi connectivity index (χ1v) is 11.5. The molecular formula is C21H26N4O3S. The van der Waals surface area contributed by atoms with Crippen LogP contribution in [0, 0.1) is 5.92 Å². The van der Waals surface area contributed by atoms with Gasteiger partial charge in [0.1, 0.15) is 5.82 Å². The highest BCUT2D eigenvalue weighted by atomic mass is 32.2. The molecule has 1 unspecified atom stereocenters. The summed E-state index contributed by atoms with van der Waals surface area (Å²) >= 11 is 0. The minimum absolute atomic E-state index is 0.0682. The summed E-state index contributed by atoms with van der Waals surface area (Å²) in [6, 6.07) is 14.3. The van der Waals surface area contributed by atoms with E-state index in [0.29, 0.717) is 26.1 Å². The predicted octanol–water partition coefficient (Wildman–Crippen LogP) is 1.83. The number of aromatic nitrogens is 1. The third-order valence-corrected chi connectivity index (χ3v) is 7.56. The molecule has 8 heteroatoms. The number of hydrogen-bond donors (Lipinski definition) is 0. The van der Waals surface area contributed by atoms with E-state index in [4.69, 9.17) is 0 Å². The van der Waals surface area contributed by atoms with Crippen LogP contribution in [0.15, 0.2) is 59.6 Å². The van der Waals surface area contributed by atoms with Gasteiger partial charge in [-0.2, -0.15) is 4.31 Å². The lowest BCUT2D eigenvalue weighted by Crippen LogP contribution is -2.53. The number of rotatable bonds is 4. The Kier molecular flexibility index (Phi) is 5.82. The molecule has 1 aromatic carbocycles. The average Bonchev–Trinajstić information content (AvgIpc) is 2.80. The fraction of sp³-hybridized carbons (Fsp3) is 0.429. The van der Waals surface area contributed by atoms with Gasteiger partial charge in [0, 0.05) is 45.5 Å². The molecule has 0 aliphatic carbocycles. The second-order valence-corrected chi connectivity index (χ2v) is 9.45. The molecular weight excluding hydrogens is 388 g/mol. The SMILES string of the molecule is O=C(C1CCCN(S(=O)(=O)c2ccccc2)C1)N1CCN(c2ccccn2)CC1. The Morgan fingerprint density at radius 1 is 0.931 bits per heavy atom. The molecule has 1 amide bonds. The van der Waals surface area contributed by atoms with Gasteiger partial charge in [0.05, 0.1) is 10.8 Å². The minimum Gasteiger partial charge on any atom is -0.353 e. The number of carbonyl (C=O) groups is 1. The summed E-state index contributed by atoms with van der Waals surface area (Å²) in [4.78, 5) is 21.8. The number of nitrogens with zero attached hydrogens (tertiary/aromatic N) is 4. The highest BCUT2D eigenvalue weighted by Gasteiger charge is 2.35. The van der Waals surface area contributed by atoms with Crippen LogP contribution in [0.1, 0.15) is 12.8 Å². The van der Waals surface area contributed by atoms with Crippen molar-refractivity contribution >= 4 is 21.7 Å². The van der Waals surface area contributed by atoms with Crippen LogP contribution in [0.3, 0.4) is 0 Å². The summed E-state index contributed by atoms with van der Waals surface area (Å²) in [5.74, 6) is 0.722. The molecule has 0 radical (unpaired) electrons. The van der Waals surface area contributed by atoms with Crippen molar-refractivity contribution in [2.75, 3.05) is 44.2 Å². The van der Waals surface area contributed by atoms with Gasteiger partial charge in [0.15, 0.2) is 0 Å². The predicted molar refractivity (Wildman–Crippen MR) is 111 cm³/mol. The molecule has 1 aromatic heterocycles. The van der Waals surface area contributed by atoms with E-state index in [0.717, 1.165) is 25.3 Å². The number of piperazine rings is 1. The van der Waals surface area contributed by atoms with Crippen molar-refractivity contribution in [1.82, 2.24) is 14.2 Å². The van der Waals surface area contributed by atoms with Crippen LogP contribution < -0.4 is 4.90 Å². The van der Waals surface area contributed by atoms with Crippen molar-refractivity contribution in [3.05, 3.63) is 54.7 Å². The Morgan fingerprint density at radius 3 is 2.34 bits per heavy atom. The van der Waals surface area contributed by atoms with Crippen molar-refractivity contribution in [2.24, 2.45) is 5.92 Å². The molecule has 2 aliphatic rings. The van der Waals surface area contributed by atoms with Gasteiger partial charge >= 0.3 is 0 Å². The van der Waals surface area contributed by atoms with Crippen LogP contribution >= 0.6 is 0 Å². The Morgan fingerprint density at radius 2 is 1.66 bits per heavy atom. The lowest BCUT2D eigenvalue weighted by Gasteiger charge is -2.39. The Labute approximate surface area is 172 Å². The molecule has 2 aromatic rings. The zero-order valence-electron chi connectivity index (χ0n) is 16.4. The fourth-order valence-electron chi connectivity index (χ4n) is 4.06. The number of carbonyl (C=O) groups excluding carboxylic acids is 1. The molecule has 3 heterocycles. The molecule has 0 bridgehead atoms. The van der Waals surface area contributed by atoms with Crippen molar-refractivity contribution in [1.29, 1.82) is 0 Å². The van der Waals surface area contributed by atoms with Gasteiger partial charge < -0.3 is 9.80 Å². The van der Waals surface area contributed by atoms with Crippen molar-refractivity contribution in [3.63, 3.8) is 0 Å². The molecule has 2 saturated heterocycles. The van der Waals surface area contributed by atoms with Crippen LogP contribution in [0.2, 0.25) is 0 Å². The zero-order valence-corrected chi connectivity index (χ0v) is 17.2. The maximum Gasteiger partial charge on any atom is 0.243 e. The van der Waals surface area contributed by atoms with Gasteiger partial charge in [0.25, 0.3) is 0 Å². The van der Waals surface area contributed by atoms with Crippen molar-refractivity contribution in [2.45, 2.75) is 17.7 Å². The first kappa shape index (κ1) is 19.8. The molecule has 2 fully saturated rings. The van der Waals surface area contributed by atoms with E-state index in [1.165, 1.54) is 4.31 Å². The minimum atomic E-state index is -3.56. The van der Waals surface area contributed by atoms with E-state index in [9.17, 15) is 13.2 Å². The first-order valence-electron chi connectivity index (χ1n) is 10.1. The smallest absolute Gasteiger partial charge is 0.243 e. The van der Waals surface area contributed by atoms with Gasteiger partial charge in [-0.1, -0.05) is 24.3 Å². The van der Waals surface area contributed by atoms with Crippen LogP contribution in [0.5, 0.6) is 0 Å². The van der Waals surface area contributed by atoms with E-state index in [2.05, 4.69) is 9.88 Å². The Hall–Kier alpha value is -2.45. The summed E-state index contributed by atoms with van der Waals surface area (Å²) < 4.78 is 27.3. The largest absolute Gasteiger partial charge is 0.353 e. The van der Waals surface area contributed by atoms with Gasteiger partial charge in [-0.05, 0) is 37.1 Å². The molecule has 1 atom stereocenters. The Balaban J connectivity index is 1.38. The fourth-order valence-corrected chi connectivity index (χ4v) is 5.60. The second-order valence-electron chi connectivity index (χ2n) is 7.52. The van der Waals surface area contributed by atoms with Crippen LogP contribution in [-0.4, -0.2) is 67.8 Å². The number of benzene rings is 1. The van der Waals surface area contributed by atoms with Gasteiger partial charge in [0.2, 0.25) is 15.9 Å². The van der Waals surface area contributed by atoms with Crippen molar-refractivity contribution < 1.29 is 13.2 Å². The summed E-state index contributed by atoms with van der Waals surface area (Å²) in [6.07, 6.45) is 3.22. The maximum absolute atomic E-state index is 13.1. The topological polar surface area (TPSA) is 73.8 Å². The average molecular weight is 415 g/mol. The normalized spacial score (nSPS) is 21.2. The molecule has 7 nitrogen and oxygen atoms in total. The van der Waals surface area contributed by atoms with E-state index >= 15 is 0 Å². The number of anilines is 1. The second kappa shape index (κ2) is 8.51. The number of sulfonamides is 1. The summed E-state index contributed by atoms with van der Waals surface area (Å²) in [6.45, 7) is 3.47. The monoisotopic (exact) mass is 414 g/mol. The number of pyridine rings is 1. The summed E-state index contributed by atoms with van der Waals surface area (Å²) in [5, 5.41) is 0. The molecule has 4 rings (SSSR count). The molecule has 2 aliphatic heterocycles. The van der Waals surface area contributed by atoms with E-state index < -0.39 is 10.0 Å². The first-order chi connectivity index (χ1) is 14.1.